The Morgan fingerprint density at radius 3 is 2.74 bits per heavy atom. The van der Waals surface area contributed by atoms with Crippen LogP contribution in [0.3, 0.4) is 0 Å². The molecule has 0 spiro atoms. The van der Waals surface area contributed by atoms with Gasteiger partial charge in [0, 0.05) is 17.6 Å². The molecule has 19 heavy (non-hydrogen) atoms. The highest BCUT2D eigenvalue weighted by Gasteiger charge is 2.18. The summed E-state index contributed by atoms with van der Waals surface area (Å²) in [6.45, 7) is 5.92. The lowest BCUT2D eigenvalue weighted by Gasteiger charge is -2.24. The SMILES string of the molecule is CCC(C)(C)NC(=O)COc1ccc(F)cc1CN. The highest BCUT2D eigenvalue weighted by atomic mass is 19.1. The number of nitrogens with two attached hydrogens (primary N) is 1. The summed E-state index contributed by atoms with van der Waals surface area (Å²) in [4.78, 5) is 11.7. The van der Waals surface area contributed by atoms with Crippen LogP contribution in [0.5, 0.6) is 5.75 Å². The molecular formula is C14H21FN2O2. The Bertz CT molecular complexity index is 447. The second kappa shape index (κ2) is 6.52. The molecule has 0 atom stereocenters. The molecule has 0 heterocycles. The highest BCUT2D eigenvalue weighted by molar-refractivity contribution is 5.78. The molecule has 0 unspecified atom stereocenters. The Balaban J connectivity index is 2.60. The van der Waals surface area contributed by atoms with E-state index in [0.29, 0.717) is 11.3 Å². The fourth-order valence-electron chi connectivity index (χ4n) is 1.49. The average Bonchev–Trinajstić information content (AvgIpc) is 2.36. The zero-order valence-corrected chi connectivity index (χ0v) is 11.6. The third-order valence-electron chi connectivity index (χ3n) is 2.96. The highest BCUT2D eigenvalue weighted by Crippen LogP contribution is 2.19. The van der Waals surface area contributed by atoms with Crippen molar-refractivity contribution in [1.29, 1.82) is 0 Å². The molecule has 0 radical (unpaired) electrons. The Labute approximate surface area is 113 Å². The average molecular weight is 268 g/mol. The predicted molar refractivity (Wildman–Crippen MR) is 72.3 cm³/mol. The second-order valence-corrected chi connectivity index (χ2v) is 5.03. The van der Waals surface area contributed by atoms with Gasteiger partial charge in [0.05, 0.1) is 0 Å². The first-order valence-electron chi connectivity index (χ1n) is 6.30. The number of rotatable bonds is 6. The zero-order valence-electron chi connectivity index (χ0n) is 11.6. The van der Waals surface area contributed by atoms with E-state index in [1.165, 1.54) is 18.2 Å². The van der Waals surface area contributed by atoms with Crippen molar-refractivity contribution in [3.8, 4) is 5.75 Å². The van der Waals surface area contributed by atoms with Gasteiger partial charge in [-0.3, -0.25) is 4.79 Å². The minimum atomic E-state index is -0.371. The number of hydrogen-bond acceptors (Lipinski definition) is 3. The standard InChI is InChI=1S/C14H21FN2O2/c1-4-14(2,3)17-13(18)9-19-12-6-5-11(15)7-10(12)8-16/h5-7H,4,8-9,16H2,1-3H3,(H,17,18). The number of benzene rings is 1. The number of nitrogens with one attached hydrogen (secondary N) is 1. The van der Waals surface area contributed by atoms with Crippen molar-refractivity contribution in [3.63, 3.8) is 0 Å². The summed E-state index contributed by atoms with van der Waals surface area (Å²) >= 11 is 0. The second-order valence-electron chi connectivity index (χ2n) is 5.03. The Morgan fingerprint density at radius 1 is 1.47 bits per heavy atom. The van der Waals surface area contributed by atoms with Gasteiger partial charge in [-0.15, -0.1) is 0 Å². The van der Waals surface area contributed by atoms with Gasteiger partial charge in [0.15, 0.2) is 6.61 Å². The van der Waals surface area contributed by atoms with Crippen molar-refractivity contribution in [2.24, 2.45) is 5.73 Å². The maximum absolute atomic E-state index is 13.0. The summed E-state index contributed by atoms with van der Waals surface area (Å²) in [6.07, 6.45) is 0.823. The number of amides is 1. The first kappa shape index (κ1) is 15.4. The Kier molecular flexibility index (Phi) is 5.30. The van der Waals surface area contributed by atoms with Crippen LogP contribution in [0.2, 0.25) is 0 Å². The molecule has 0 aliphatic rings. The van der Waals surface area contributed by atoms with Crippen LogP contribution in [0.25, 0.3) is 0 Å². The number of halogens is 1. The first-order chi connectivity index (χ1) is 8.88. The minimum absolute atomic E-state index is 0.109. The van der Waals surface area contributed by atoms with E-state index in [0.717, 1.165) is 6.42 Å². The van der Waals surface area contributed by atoms with Crippen molar-refractivity contribution in [2.45, 2.75) is 39.3 Å². The molecule has 0 aliphatic carbocycles. The van der Waals surface area contributed by atoms with Gasteiger partial charge >= 0.3 is 0 Å². The molecule has 5 heteroatoms. The van der Waals surface area contributed by atoms with Crippen molar-refractivity contribution in [3.05, 3.63) is 29.6 Å². The van der Waals surface area contributed by atoms with Gasteiger partial charge in [0.1, 0.15) is 11.6 Å². The van der Waals surface area contributed by atoms with Gasteiger partial charge in [0.25, 0.3) is 5.91 Å². The van der Waals surface area contributed by atoms with Crippen LogP contribution in [-0.2, 0) is 11.3 Å². The molecule has 1 amide bonds. The maximum Gasteiger partial charge on any atom is 0.258 e. The van der Waals surface area contributed by atoms with Gasteiger partial charge in [-0.05, 0) is 38.5 Å². The lowest BCUT2D eigenvalue weighted by atomic mass is 10.0. The van der Waals surface area contributed by atoms with Crippen LogP contribution in [-0.4, -0.2) is 18.1 Å². The van der Waals surface area contributed by atoms with E-state index < -0.39 is 0 Å². The van der Waals surface area contributed by atoms with Crippen LogP contribution >= 0.6 is 0 Å². The van der Waals surface area contributed by atoms with E-state index in [4.69, 9.17) is 10.5 Å². The van der Waals surface area contributed by atoms with Crippen molar-refractivity contribution in [2.75, 3.05) is 6.61 Å². The van der Waals surface area contributed by atoms with E-state index in [2.05, 4.69) is 5.32 Å². The van der Waals surface area contributed by atoms with Crippen molar-refractivity contribution in [1.82, 2.24) is 5.32 Å². The van der Waals surface area contributed by atoms with E-state index >= 15 is 0 Å². The van der Waals surface area contributed by atoms with Crippen molar-refractivity contribution < 1.29 is 13.9 Å². The largest absolute Gasteiger partial charge is 0.483 e. The van der Waals surface area contributed by atoms with E-state index in [-0.39, 0.29) is 30.4 Å². The molecule has 0 saturated carbocycles. The summed E-state index contributed by atoms with van der Waals surface area (Å²) in [5, 5.41) is 2.86. The van der Waals surface area contributed by atoms with Gasteiger partial charge in [-0.25, -0.2) is 4.39 Å². The molecule has 1 rings (SSSR count). The third kappa shape index (κ3) is 4.87. The Morgan fingerprint density at radius 2 is 2.16 bits per heavy atom. The van der Waals surface area contributed by atoms with Gasteiger partial charge < -0.3 is 15.8 Å². The summed E-state index contributed by atoms with van der Waals surface area (Å²) in [5.41, 5.74) is 5.78. The molecule has 0 saturated heterocycles. The summed E-state index contributed by atoms with van der Waals surface area (Å²) in [5.74, 6) is -0.142. The number of carbonyl (C=O) groups excluding carboxylic acids is 1. The molecule has 0 bridgehead atoms. The van der Waals surface area contributed by atoms with Crippen LogP contribution in [0, 0.1) is 5.82 Å². The molecule has 1 aromatic carbocycles. The van der Waals surface area contributed by atoms with E-state index in [9.17, 15) is 9.18 Å². The lowest BCUT2D eigenvalue weighted by molar-refractivity contribution is -0.124. The molecule has 1 aromatic rings. The minimum Gasteiger partial charge on any atom is -0.483 e. The lowest BCUT2D eigenvalue weighted by Crippen LogP contribution is -2.44. The maximum atomic E-state index is 13.0. The first-order valence-corrected chi connectivity index (χ1v) is 6.30. The molecular weight excluding hydrogens is 247 g/mol. The van der Waals surface area contributed by atoms with Gasteiger partial charge in [0.2, 0.25) is 0 Å². The van der Waals surface area contributed by atoms with Gasteiger partial charge in [-0.2, -0.15) is 0 Å². The fraction of sp³-hybridized carbons (Fsp3) is 0.500. The molecule has 0 aliphatic heterocycles. The molecule has 106 valence electrons. The zero-order chi connectivity index (χ0) is 14.5. The van der Waals surface area contributed by atoms with E-state index in [1.54, 1.807) is 0 Å². The van der Waals surface area contributed by atoms with Crippen LogP contribution in [0.1, 0.15) is 32.8 Å². The molecule has 0 aromatic heterocycles. The third-order valence-corrected chi connectivity index (χ3v) is 2.96. The van der Waals surface area contributed by atoms with Crippen LogP contribution in [0.4, 0.5) is 4.39 Å². The topological polar surface area (TPSA) is 64.3 Å². The van der Waals surface area contributed by atoms with Crippen LogP contribution < -0.4 is 15.8 Å². The molecule has 0 fully saturated rings. The molecule has 4 nitrogen and oxygen atoms in total. The van der Waals surface area contributed by atoms with Crippen LogP contribution in [0.15, 0.2) is 18.2 Å². The monoisotopic (exact) mass is 268 g/mol. The number of hydrogen-bond donors (Lipinski definition) is 2. The number of carbonyl (C=O) groups is 1. The Hall–Kier alpha value is -1.62. The summed E-state index contributed by atoms with van der Waals surface area (Å²) in [7, 11) is 0. The quantitative estimate of drug-likeness (QED) is 0.829. The number of ether oxygens (including phenoxy) is 1. The van der Waals surface area contributed by atoms with Gasteiger partial charge in [-0.1, -0.05) is 6.92 Å². The molecule has 3 N–H and O–H groups in total. The smallest absolute Gasteiger partial charge is 0.258 e. The normalized spacial score (nSPS) is 11.2. The summed E-state index contributed by atoms with van der Waals surface area (Å²) in [6, 6.07) is 4.07. The van der Waals surface area contributed by atoms with E-state index in [1.807, 2.05) is 20.8 Å². The predicted octanol–water partition coefficient (Wildman–Crippen LogP) is 1.97. The van der Waals surface area contributed by atoms with Crippen molar-refractivity contribution >= 4 is 5.91 Å². The fourth-order valence-corrected chi connectivity index (χ4v) is 1.49. The summed E-state index contributed by atoms with van der Waals surface area (Å²) < 4.78 is 18.4.